The van der Waals surface area contributed by atoms with Crippen LogP contribution in [-0.4, -0.2) is 32.9 Å². The number of aromatic amines is 2. The fraction of sp³-hybridized carbons (Fsp3) is 0.385. The van der Waals surface area contributed by atoms with Crippen LogP contribution in [0.5, 0.6) is 0 Å². The zero-order valence-electron chi connectivity index (χ0n) is 12.2. The third-order valence-corrected chi connectivity index (χ3v) is 3.41. The summed E-state index contributed by atoms with van der Waals surface area (Å²) in [5.41, 5.74) is -0.545. The van der Waals surface area contributed by atoms with Gasteiger partial charge < -0.3 is 9.97 Å². The molecule has 0 amide bonds. The van der Waals surface area contributed by atoms with Crippen molar-refractivity contribution in [1.29, 1.82) is 0 Å². The molecule has 2 N–H and O–H groups in total. The fourth-order valence-corrected chi connectivity index (χ4v) is 2.18. The van der Waals surface area contributed by atoms with Gasteiger partial charge in [0.05, 0.1) is 16.0 Å². The summed E-state index contributed by atoms with van der Waals surface area (Å²) in [5, 5.41) is 11.2. The number of hydrogen-bond acceptors (Lipinski definition) is 5. The summed E-state index contributed by atoms with van der Waals surface area (Å²) >= 11 is 0. The largest absolute Gasteiger partial charge is 0.316 e. The summed E-state index contributed by atoms with van der Waals surface area (Å²) in [6.07, 6.45) is 0. The Balaban J connectivity index is 0.00000242. The van der Waals surface area contributed by atoms with Gasteiger partial charge in [-0.05, 0) is 19.2 Å². The Morgan fingerprint density at radius 1 is 1.09 bits per heavy atom. The third kappa shape index (κ3) is 3.60. The summed E-state index contributed by atoms with van der Waals surface area (Å²) < 4.78 is 0. The molecule has 1 aromatic heterocycles. The molecule has 0 radical (unpaired) electrons. The number of aromatic nitrogens is 2. The predicted octanol–water partition coefficient (Wildman–Crippen LogP) is 1.54. The van der Waals surface area contributed by atoms with E-state index in [-0.39, 0.29) is 28.2 Å². The van der Waals surface area contributed by atoms with Crippen LogP contribution in [0.4, 0.5) is 5.69 Å². The molecule has 0 saturated heterocycles. The van der Waals surface area contributed by atoms with Gasteiger partial charge in [-0.2, -0.15) is 0 Å². The average molecular weight is 373 g/mol. The summed E-state index contributed by atoms with van der Waals surface area (Å²) in [6, 6.07) is 2.83. The summed E-state index contributed by atoms with van der Waals surface area (Å²) in [4.78, 5) is 40.2. The van der Waals surface area contributed by atoms with Crippen molar-refractivity contribution in [3.05, 3.63) is 48.5 Å². The molecule has 1 heterocycles. The van der Waals surface area contributed by atoms with Gasteiger partial charge in [0.2, 0.25) is 0 Å². The van der Waals surface area contributed by atoms with Crippen LogP contribution in [0.15, 0.2) is 21.7 Å². The number of nitro groups is 1. The first kappa shape index (κ1) is 18.1. The van der Waals surface area contributed by atoms with Crippen molar-refractivity contribution in [2.24, 2.45) is 0 Å². The molecule has 0 aliphatic heterocycles. The van der Waals surface area contributed by atoms with Gasteiger partial charge in [-0.15, -0.1) is 17.0 Å². The maximum atomic E-state index is 11.4. The van der Waals surface area contributed by atoms with Gasteiger partial charge in [0, 0.05) is 18.2 Å². The van der Waals surface area contributed by atoms with Crippen LogP contribution in [0.1, 0.15) is 19.4 Å². The van der Waals surface area contributed by atoms with Crippen LogP contribution in [-0.2, 0) is 6.54 Å². The SMILES string of the molecule is Br.CCN(CC)Cc1cc2[nH]c(=O)c(=O)[nH]c2cc1[N+](=O)[O-]. The Morgan fingerprint density at radius 3 is 2.05 bits per heavy atom. The van der Waals surface area contributed by atoms with E-state index in [1.807, 2.05) is 18.7 Å². The maximum Gasteiger partial charge on any atom is 0.314 e. The molecule has 22 heavy (non-hydrogen) atoms. The highest BCUT2D eigenvalue weighted by Crippen LogP contribution is 2.24. The smallest absolute Gasteiger partial charge is 0.314 e. The Kier molecular flexibility index (Phi) is 6.01. The number of nitro benzene ring substituents is 1. The fourth-order valence-electron chi connectivity index (χ4n) is 2.18. The van der Waals surface area contributed by atoms with Gasteiger partial charge in [0.25, 0.3) is 5.69 Å². The van der Waals surface area contributed by atoms with Crippen molar-refractivity contribution >= 4 is 33.7 Å². The van der Waals surface area contributed by atoms with E-state index in [4.69, 9.17) is 0 Å². The minimum absolute atomic E-state index is 0. The zero-order chi connectivity index (χ0) is 15.6. The van der Waals surface area contributed by atoms with E-state index in [0.29, 0.717) is 17.6 Å². The number of hydrogen-bond donors (Lipinski definition) is 2. The molecule has 120 valence electrons. The first-order chi connectivity index (χ1) is 9.96. The van der Waals surface area contributed by atoms with E-state index >= 15 is 0 Å². The number of fused-ring (bicyclic) bond motifs is 1. The number of H-pyrrole nitrogens is 2. The van der Waals surface area contributed by atoms with Crippen LogP contribution < -0.4 is 11.1 Å². The molecular weight excluding hydrogens is 356 g/mol. The van der Waals surface area contributed by atoms with Crippen LogP contribution in [0.2, 0.25) is 0 Å². The van der Waals surface area contributed by atoms with Crippen molar-refractivity contribution in [2.75, 3.05) is 13.1 Å². The molecule has 2 aromatic rings. The van der Waals surface area contributed by atoms with Gasteiger partial charge >= 0.3 is 11.1 Å². The highest BCUT2D eigenvalue weighted by Gasteiger charge is 2.18. The Morgan fingerprint density at radius 2 is 1.59 bits per heavy atom. The molecule has 9 heteroatoms. The van der Waals surface area contributed by atoms with Crippen LogP contribution >= 0.6 is 17.0 Å². The van der Waals surface area contributed by atoms with Gasteiger partial charge in [-0.25, -0.2) is 0 Å². The number of halogens is 1. The first-order valence-electron chi connectivity index (χ1n) is 6.62. The first-order valence-corrected chi connectivity index (χ1v) is 6.62. The van der Waals surface area contributed by atoms with Gasteiger partial charge in [0.15, 0.2) is 0 Å². The lowest BCUT2D eigenvalue weighted by Crippen LogP contribution is -2.29. The normalized spacial score (nSPS) is 10.7. The van der Waals surface area contributed by atoms with E-state index in [1.165, 1.54) is 6.07 Å². The molecule has 0 atom stereocenters. The molecule has 2 rings (SSSR count). The minimum atomic E-state index is -0.826. The standard InChI is InChI=1S/C13H16N4O4.BrH/c1-3-16(4-2)7-8-5-9-10(6-11(8)17(20)21)15-13(19)12(18)14-9;/h5-6H,3-4,7H2,1-2H3,(H,14,18)(H,15,19);1H. The zero-order valence-corrected chi connectivity index (χ0v) is 13.9. The minimum Gasteiger partial charge on any atom is -0.316 e. The van der Waals surface area contributed by atoms with Gasteiger partial charge in [-0.1, -0.05) is 13.8 Å². The van der Waals surface area contributed by atoms with Gasteiger partial charge in [0.1, 0.15) is 0 Å². The van der Waals surface area contributed by atoms with E-state index in [2.05, 4.69) is 9.97 Å². The summed E-state index contributed by atoms with van der Waals surface area (Å²) in [6.45, 7) is 5.85. The Bertz CT molecular complexity index is 795. The van der Waals surface area contributed by atoms with Crippen molar-refractivity contribution in [2.45, 2.75) is 20.4 Å². The highest BCUT2D eigenvalue weighted by atomic mass is 79.9. The molecule has 0 unspecified atom stereocenters. The maximum absolute atomic E-state index is 11.4. The lowest BCUT2D eigenvalue weighted by atomic mass is 10.1. The van der Waals surface area contributed by atoms with Crippen LogP contribution in [0.3, 0.4) is 0 Å². The van der Waals surface area contributed by atoms with E-state index in [1.54, 1.807) is 6.07 Å². The number of rotatable bonds is 5. The van der Waals surface area contributed by atoms with Crippen LogP contribution in [0.25, 0.3) is 11.0 Å². The molecule has 0 saturated carbocycles. The van der Waals surface area contributed by atoms with E-state index in [9.17, 15) is 19.7 Å². The van der Waals surface area contributed by atoms with Crippen molar-refractivity contribution in [1.82, 2.24) is 14.9 Å². The molecule has 0 bridgehead atoms. The number of benzene rings is 1. The summed E-state index contributed by atoms with van der Waals surface area (Å²) in [7, 11) is 0. The van der Waals surface area contributed by atoms with Crippen molar-refractivity contribution in [3.8, 4) is 0 Å². The average Bonchev–Trinajstić information content (AvgIpc) is 2.45. The van der Waals surface area contributed by atoms with Crippen LogP contribution in [0, 0.1) is 10.1 Å². The second kappa shape index (κ2) is 7.32. The Labute approximate surface area is 136 Å². The second-order valence-corrected chi connectivity index (χ2v) is 4.65. The lowest BCUT2D eigenvalue weighted by Gasteiger charge is -2.18. The number of nitrogens with one attached hydrogen (secondary N) is 2. The quantitative estimate of drug-likeness (QED) is 0.469. The monoisotopic (exact) mass is 372 g/mol. The molecule has 0 spiro atoms. The van der Waals surface area contributed by atoms with Gasteiger partial charge in [-0.3, -0.25) is 24.6 Å². The number of nitrogens with zero attached hydrogens (tertiary/aromatic N) is 2. The predicted molar refractivity (Wildman–Crippen MR) is 88.8 cm³/mol. The topological polar surface area (TPSA) is 112 Å². The highest BCUT2D eigenvalue weighted by molar-refractivity contribution is 8.93. The van der Waals surface area contributed by atoms with E-state index < -0.39 is 16.0 Å². The molecule has 0 aliphatic rings. The van der Waals surface area contributed by atoms with Crippen molar-refractivity contribution in [3.63, 3.8) is 0 Å². The van der Waals surface area contributed by atoms with E-state index in [0.717, 1.165) is 13.1 Å². The Hall–Kier alpha value is -2.00. The molecule has 1 aromatic carbocycles. The third-order valence-electron chi connectivity index (χ3n) is 3.41. The lowest BCUT2D eigenvalue weighted by molar-refractivity contribution is -0.385. The second-order valence-electron chi connectivity index (χ2n) is 4.65. The molecule has 0 fully saturated rings. The summed E-state index contributed by atoms with van der Waals surface area (Å²) in [5.74, 6) is 0. The molecular formula is C13H17BrN4O4. The van der Waals surface area contributed by atoms with Crippen molar-refractivity contribution < 1.29 is 4.92 Å². The molecule has 0 aliphatic carbocycles. The molecule has 8 nitrogen and oxygen atoms in total.